The van der Waals surface area contributed by atoms with Crippen LogP contribution in [0.3, 0.4) is 0 Å². The van der Waals surface area contributed by atoms with Crippen LogP contribution in [0.4, 0.5) is 34.1 Å². The summed E-state index contributed by atoms with van der Waals surface area (Å²) in [6.07, 6.45) is 0.731. The molecule has 0 fully saturated rings. The molecule has 0 unspecified atom stereocenters. The van der Waals surface area contributed by atoms with Crippen LogP contribution in [0.15, 0.2) is 187 Å². The third-order valence-electron chi connectivity index (χ3n) is 10.9. The van der Waals surface area contributed by atoms with Gasteiger partial charge < -0.3 is 19.3 Å². The number of nitrogens with zero attached hydrogens (tertiary/aromatic N) is 6. The van der Waals surface area contributed by atoms with Crippen molar-refractivity contribution in [3.05, 3.63) is 163 Å². The van der Waals surface area contributed by atoms with Crippen LogP contribution in [0, 0.1) is 0 Å². The van der Waals surface area contributed by atoms with E-state index in [0.717, 1.165) is 34.1 Å². The third kappa shape index (κ3) is 8.18. The number of hydrogen-bond donors (Lipinski definition) is 2. The van der Waals surface area contributed by atoms with Crippen LogP contribution in [0.5, 0.6) is 23.0 Å². The Morgan fingerprint density at radius 1 is 0.469 bits per heavy atom. The van der Waals surface area contributed by atoms with Gasteiger partial charge >= 0.3 is 0 Å². The van der Waals surface area contributed by atoms with Gasteiger partial charge in [0.2, 0.25) is 0 Å². The summed E-state index contributed by atoms with van der Waals surface area (Å²) in [6, 6.07) is 45.7. The maximum atomic E-state index is 12.1. The molecule has 0 bridgehead atoms. The fraction of sp³-hybridized carbons (Fsp3) is 0.0800. The van der Waals surface area contributed by atoms with E-state index in [4.69, 9.17) is 24.4 Å². The van der Waals surface area contributed by atoms with Crippen LogP contribution >= 0.6 is 0 Å². The molecule has 64 heavy (non-hydrogen) atoms. The lowest BCUT2D eigenvalue weighted by atomic mass is 10.0. The van der Waals surface area contributed by atoms with Crippen molar-refractivity contribution >= 4 is 87.3 Å². The Hall–Kier alpha value is -8.07. The first-order chi connectivity index (χ1) is 31.1. The van der Waals surface area contributed by atoms with Gasteiger partial charge in [0.15, 0.2) is 5.75 Å². The van der Waals surface area contributed by atoms with Gasteiger partial charge in [0.25, 0.3) is 10.1 Å². The predicted octanol–water partition coefficient (Wildman–Crippen LogP) is 14.1. The molecular formula is C50H38N6O7S. The van der Waals surface area contributed by atoms with Gasteiger partial charge in [0.1, 0.15) is 39.2 Å². The quantitative estimate of drug-likeness (QED) is 0.0906. The number of rotatable bonds is 12. The molecule has 0 aromatic heterocycles. The number of hydrogen-bond acceptors (Lipinski definition) is 12. The summed E-state index contributed by atoms with van der Waals surface area (Å²) < 4.78 is 50.9. The number of aromatic hydroxyl groups is 1. The summed E-state index contributed by atoms with van der Waals surface area (Å²) in [4.78, 5) is -0.217. The second-order valence-electron chi connectivity index (χ2n) is 14.7. The highest BCUT2D eigenvalue weighted by Crippen LogP contribution is 2.46. The van der Waals surface area contributed by atoms with Crippen LogP contribution in [0.2, 0.25) is 0 Å². The van der Waals surface area contributed by atoms with Crippen molar-refractivity contribution in [3.8, 4) is 23.0 Å². The van der Waals surface area contributed by atoms with Crippen molar-refractivity contribution in [1.82, 2.24) is 0 Å². The van der Waals surface area contributed by atoms with E-state index >= 15 is 0 Å². The van der Waals surface area contributed by atoms with Gasteiger partial charge in [-0.25, -0.2) is 0 Å². The Kier molecular flexibility index (Phi) is 11.2. The number of phenols is 1. The van der Waals surface area contributed by atoms with Gasteiger partial charge in [-0.15, -0.1) is 25.6 Å². The first-order valence-corrected chi connectivity index (χ1v) is 21.4. The second kappa shape index (κ2) is 17.4. The molecule has 0 atom stereocenters. The second-order valence-corrected chi connectivity index (χ2v) is 16.1. The van der Waals surface area contributed by atoms with E-state index in [2.05, 4.69) is 26.5 Å². The average molecular weight is 867 g/mol. The molecule has 0 aliphatic heterocycles. The predicted molar refractivity (Wildman–Crippen MR) is 249 cm³/mol. The minimum atomic E-state index is -4.46. The molecule has 2 N–H and O–H groups in total. The summed E-state index contributed by atoms with van der Waals surface area (Å²) >= 11 is 0. The molecule has 13 nitrogen and oxygen atoms in total. The Morgan fingerprint density at radius 3 is 1.66 bits per heavy atom. The molecule has 9 aromatic carbocycles. The van der Waals surface area contributed by atoms with Crippen molar-refractivity contribution < 1.29 is 32.3 Å². The first-order valence-electron chi connectivity index (χ1n) is 19.9. The van der Waals surface area contributed by atoms with Gasteiger partial charge in [-0.3, -0.25) is 4.55 Å². The summed E-state index contributed by atoms with van der Waals surface area (Å²) in [5.41, 5.74) is 4.81. The van der Waals surface area contributed by atoms with E-state index in [-0.39, 0.29) is 10.6 Å². The lowest BCUT2D eigenvalue weighted by molar-refractivity contribution is 0.414. The number of fused-ring (bicyclic) bond motifs is 4. The van der Waals surface area contributed by atoms with E-state index in [1.54, 1.807) is 55.6 Å². The molecule has 0 saturated heterocycles. The molecule has 0 aliphatic carbocycles. The van der Waals surface area contributed by atoms with Crippen molar-refractivity contribution in [2.75, 3.05) is 21.3 Å². The highest BCUT2D eigenvalue weighted by Gasteiger charge is 2.18. The molecular weight excluding hydrogens is 829 g/mol. The van der Waals surface area contributed by atoms with Gasteiger partial charge in [-0.05, 0) is 64.7 Å². The van der Waals surface area contributed by atoms with Gasteiger partial charge in [0, 0.05) is 44.5 Å². The maximum Gasteiger partial charge on any atom is 0.295 e. The molecule has 9 aromatic rings. The third-order valence-corrected chi connectivity index (χ3v) is 11.8. The smallest absolute Gasteiger partial charge is 0.295 e. The van der Waals surface area contributed by atoms with E-state index in [1.807, 2.05) is 91.0 Å². The van der Waals surface area contributed by atoms with E-state index < -0.39 is 10.1 Å². The monoisotopic (exact) mass is 866 g/mol. The number of ether oxygens (including phenoxy) is 3. The van der Waals surface area contributed by atoms with Gasteiger partial charge in [-0.2, -0.15) is 13.5 Å². The van der Waals surface area contributed by atoms with Crippen molar-refractivity contribution in [1.29, 1.82) is 0 Å². The summed E-state index contributed by atoms with van der Waals surface area (Å²) in [7, 11) is 0.246. The minimum Gasteiger partial charge on any atom is -0.505 e. The Labute approximate surface area is 367 Å². The summed E-state index contributed by atoms with van der Waals surface area (Å²) in [6.45, 7) is 0. The lowest BCUT2D eigenvalue weighted by Gasteiger charge is -2.12. The number of azo groups is 3. The van der Waals surface area contributed by atoms with Crippen LogP contribution in [-0.4, -0.2) is 39.4 Å². The molecule has 0 spiro atoms. The highest BCUT2D eigenvalue weighted by atomic mass is 32.2. The zero-order valence-electron chi connectivity index (χ0n) is 34.7. The minimum absolute atomic E-state index is 0.0163. The highest BCUT2D eigenvalue weighted by molar-refractivity contribution is 7.86. The van der Waals surface area contributed by atoms with Crippen LogP contribution in [-0.2, 0) is 16.5 Å². The zero-order chi connectivity index (χ0) is 44.4. The first kappa shape index (κ1) is 41.3. The lowest BCUT2D eigenvalue weighted by Crippen LogP contribution is -1.98. The number of benzene rings is 9. The van der Waals surface area contributed by atoms with Crippen molar-refractivity contribution in [2.24, 2.45) is 30.7 Å². The molecule has 316 valence electrons. The fourth-order valence-electron chi connectivity index (χ4n) is 7.67. The molecule has 9 rings (SSSR count). The fourth-order valence-corrected chi connectivity index (χ4v) is 8.38. The van der Waals surface area contributed by atoms with Gasteiger partial charge in [0.05, 0.1) is 38.4 Å². The maximum absolute atomic E-state index is 12.1. The molecule has 14 heteroatoms. The van der Waals surface area contributed by atoms with Crippen LogP contribution in [0.1, 0.15) is 11.1 Å². The van der Waals surface area contributed by atoms with Gasteiger partial charge in [-0.1, -0.05) is 103 Å². The molecule has 0 heterocycles. The average Bonchev–Trinajstić information content (AvgIpc) is 3.32. The zero-order valence-corrected chi connectivity index (χ0v) is 35.5. The number of phenolic OH excluding ortho intramolecular Hbond substituents is 1. The Bertz CT molecular complexity index is 3480. The molecule has 0 radical (unpaired) electrons. The van der Waals surface area contributed by atoms with E-state index in [1.165, 1.54) is 20.3 Å². The standard InChI is InChI=1S/C50H38N6O7S/c1-61-35-21-15-30(16-22-35)25-31-17-23-36-33(26-31)19-24-42(50(36)57)52-55-48-40-13-7-5-11-38(40)44(29-46(48)63-3)54-56-49-39-12-6-4-10-37(39)43(28-45(49)62-2)53-51-34-20-18-32-9-8-14-47(41(32)27-34)64(58,59)60/h4-24,26-29,57H,25H2,1-3H3,(H,58,59,60). The summed E-state index contributed by atoms with van der Waals surface area (Å²) in [5.74, 6) is 1.60. The molecule has 0 saturated carbocycles. The largest absolute Gasteiger partial charge is 0.505 e. The molecule has 0 amide bonds. The van der Waals surface area contributed by atoms with E-state index in [9.17, 15) is 18.1 Å². The Balaban J connectivity index is 1.03. The van der Waals surface area contributed by atoms with Crippen LogP contribution in [0.25, 0.3) is 43.1 Å². The van der Waals surface area contributed by atoms with Crippen LogP contribution < -0.4 is 14.2 Å². The normalized spacial score (nSPS) is 12.1. The van der Waals surface area contributed by atoms with E-state index in [0.29, 0.717) is 77.9 Å². The SMILES string of the molecule is COc1ccc(Cc2ccc3c(O)c(N=Nc4c(OC)cc(N=Nc5c(OC)cc(N=Nc6ccc7cccc(S(=O)(=O)O)c7c6)c6ccccc56)c5ccccc45)ccc3c2)cc1. The van der Waals surface area contributed by atoms with Crippen molar-refractivity contribution in [3.63, 3.8) is 0 Å². The topological polar surface area (TPSA) is 176 Å². The number of methoxy groups -OCH3 is 3. The van der Waals surface area contributed by atoms with Crippen molar-refractivity contribution in [2.45, 2.75) is 11.3 Å². The summed E-state index contributed by atoms with van der Waals surface area (Å²) in [5, 5.41) is 44.2. The molecule has 0 aliphatic rings. The Morgan fingerprint density at radius 2 is 1.05 bits per heavy atom.